The highest BCUT2D eigenvalue weighted by molar-refractivity contribution is 7.98. The van der Waals surface area contributed by atoms with E-state index in [1.165, 1.54) is 5.56 Å². The standard InChI is InChI=1S/C15H20N4S/c1-16-13-11-14(19-15(18-13)20-2)17-10-6-9-12-7-4-3-5-8-12/h3-5,7-8,11H,6,9-10H2,1-2H3,(H2,16,17,18,19). The Morgan fingerprint density at radius 1 is 1.10 bits per heavy atom. The summed E-state index contributed by atoms with van der Waals surface area (Å²) in [5.41, 5.74) is 1.37. The van der Waals surface area contributed by atoms with Crippen molar-refractivity contribution in [3.05, 3.63) is 42.0 Å². The summed E-state index contributed by atoms with van der Waals surface area (Å²) in [7, 11) is 1.87. The van der Waals surface area contributed by atoms with Crippen molar-refractivity contribution < 1.29 is 0 Å². The molecule has 1 aromatic carbocycles. The van der Waals surface area contributed by atoms with Crippen LogP contribution in [0.1, 0.15) is 12.0 Å². The van der Waals surface area contributed by atoms with E-state index in [-0.39, 0.29) is 0 Å². The SMILES string of the molecule is CNc1cc(NCCCc2ccccc2)nc(SC)n1. The number of hydrogen-bond donors (Lipinski definition) is 2. The van der Waals surface area contributed by atoms with Gasteiger partial charge in [0.05, 0.1) is 0 Å². The fourth-order valence-corrected chi connectivity index (χ4v) is 2.27. The zero-order valence-electron chi connectivity index (χ0n) is 11.9. The van der Waals surface area contributed by atoms with E-state index in [2.05, 4.69) is 44.9 Å². The number of anilines is 2. The lowest BCUT2D eigenvalue weighted by Crippen LogP contribution is -2.07. The van der Waals surface area contributed by atoms with E-state index in [1.807, 2.05) is 25.4 Å². The zero-order valence-corrected chi connectivity index (χ0v) is 12.7. The maximum Gasteiger partial charge on any atom is 0.191 e. The molecule has 1 aromatic heterocycles. The quantitative estimate of drug-likeness (QED) is 0.465. The summed E-state index contributed by atoms with van der Waals surface area (Å²) < 4.78 is 0. The number of nitrogens with zero attached hydrogens (tertiary/aromatic N) is 2. The van der Waals surface area contributed by atoms with Gasteiger partial charge in [-0.15, -0.1) is 0 Å². The van der Waals surface area contributed by atoms with E-state index in [0.717, 1.165) is 36.2 Å². The van der Waals surface area contributed by atoms with Crippen molar-refractivity contribution in [2.75, 3.05) is 30.5 Å². The van der Waals surface area contributed by atoms with Gasteiger partial charge < -0.3 is 10.6 Å². The molecule has 106 valence electrons. The van der Waals surface area contributed by atoms with Crippen molar-refractivity contribution in [3.8, 4) is 0 Å². The van der Waals surface area contributed by atoms with Gasteiger partial charge in [-0.1, -0.05) is 42.1 Å². The maximum absolute atomic E-state index is 4.45. The van der Waals surface area contributed by atoms with Gasteiger partial charge in [0.2, 0.25) is 0 Å². The van der Waals surface area contributed by atoms with Crippen molar-refractivity contribution in [1.29, 1.82) is 0 Å². The van der Waals surface area contributed by atoms with Crippen molar-refractivity contribution in [1.82, 2.24) is 9.97 Å². The molecule has 2 N–H and O–H groups in total. The van der Waals surface area contributed by atoms with Crippen LogP contribution in [0.3, 0.4) is 0 Å². The Kier molecular flexibility index (Phi) is 5.68. The highest BCUT2D eigenvalue weighted by atomic mass is 32.2. The molecule has 0 radical (unpaired) electrons. The van der Waals surface area contributed by atoms with Crippen LogP contribution in [-0.4, -0.2) is 29.8 Å². The normalized spacial score (nSPS) is 10.3. The average molecular weight is 288 g/mol. The monoisotopic (exact) mass is 288 g/mol. The van der Waals surface area contributed by atoms with E-state index in [9.17, 15) is 0 Å². The van der Waals surface area contributed by atoms with Gasteiger partial charge in [-0.25, -0.2) is 9.97 Å². The Balaban J connectivity index is 1.84. The van der Waals surface area contributed by atoms with E-state index in [1.54, 1.807) is 11.8 Å². The summed E-state index contributed by atoms with van der Waals surface area (Å²) in [4.78, 5) is 8.79. The van der Waals surface area contributed by atoms with Gasteiger partial charge in [0.1, 0.15) is 11.6 Å². The molecule has 2 rings (SSSR count). The Morgan fingerprint density at radius 2 is 1.85 bits per heavy atom. The minimum Gasteiger partial charge on any atom is -0.373 e. The van der Waals surface area contributed by atoms with Crippen molar-refractivity contribution >= 4 is 23.4 Å². The first-order valence-corrected chi connectivity index (χ1v) is 7.93. The van der Waals surface area contributed by atoms with Crippen LogP contribution in [0.2, 0.25) is 0 Å². The summed E-state index contributed by atoms with van der Waals surface area (Å²) in [6.45, 7) is 0.906. The van der Waals surface area contributed by atoms with E-state index in [0.29, 0.717) is 0 Å². The summed E-state index contributed by atoms with van der Waals surface area (Å²) in [6.07, 6.45) is 4.14. The molecule has 0 aliphatic carbocycles. The molecule has 0 unspecified atom stereocenters. The molecular formula is C15H20N4S. The highest BCUT2D eigenvalue weighted by Gasteiger charge is 2.02. The van der Waals surface area contributed by atoms with Crippen LogP contribution in [-0.2, 0) is 6.42 Å². The smallest absolute Gasteiger partial charge is 0.191 e. The molecule has 5 heteroatoms. The molecule has 20 heavy (non-hydrogen) atoms. The lowest BCUT2D eigenvalue weighted by molar-refractivity contribution is 0.851. The third-order valence-corrected chi connectivity index (χ3v) is 3.48. The van der Waals surface area contributed by atoms with Crippen LogP contribution in [0.15, 0.2) is 41.6 Å². The number of hydrogen-bond acceptors (Lipinski definition) is 5. The predicted molar refractivity (Wildman–Crippen MR) is 86.6 cm³/mol. The Bertz CT molecular complexity index is 508. The van der Waals surface area contributed by atoms with E-state index in [4.69, 9.17) is 0 Å². The van der Waals surface area contributed by atoms with Gasteiger partial charge in [-0.3, -0.25) is 0 Å². The first-order chi connectivity index (χ1) is 9.81. The fourth-order valence-electron chi connectivity index (χ4n) is 1.89. The summed E-state index contributed by atoms with van der Waals surface area (Å²) >= 11 is 1.55. The molecule has 0 aliphatic rings. The Hall–Kier alpha value is -1.75. The van der Waals surface area contributed by atoms with Gasteiger partial charge in [-0.05, 0) is 24.7 Å². The van der Waals surface area contributed by atoms with Crippen LogP contribution in [0.25, 0.3) is 0 Å². The topological polar surface area (TPSA) is 49.8 Å². The van der Waals surface area contributed by atoms with Gasteiger partial charge in [0.25, 0.3) is 0 Å². The van der Waals surface area contributed by atoms with Crippen LogP contribution < -0.4 is 10.6 Å². The van der Waals surface area contributed by atoms with E-state index < -0.39 is 0 Å². The molecule has 4 nitrogen and oxygen atoms in total. The number of nitrogens with one attached hydrogen (secondary N) is 2. The minimum absolute atomic E-state index is 0.780. The van der Waals surface area contributed by atoms with Crippen molar-refractivity contribution in [2.24, 2.45) is 0 Å². The first-order valence-electron chi connectivity index (χ1n) is 6.70. The second-order valence-corrected chi connectivity index (χ2v) is 5.16. The molecule has 0 aliphatic heterocycles. The number of benzene rings is 1. The van der Waals surface area contributed by atoms with Crippen LogP contribution in [0.4, 0.5) is 11.6 Å². The molecular weight excluding hydrogens is 268 g/mol. The highest BCUT2D eigenvalue weighted by Crippen LogP contribution is 2.16. The molecule has 0 atom stereocenters. The lowest BCUT2D eigenvalue weighted by atomic mass is 10.1. The first kappa shape index (κ1) is 14.7. The van der Waals surface area contributed by atoms with Gasteiger partial charge in [-0.2, -0.15) is 0 Å². The number of aromatic nitrogens is 2. The molecule has 0 bridgehead atoms. The van der Waals surface area contributed by atoms with Gasteiger partial charge in [0, 0.05) is 19.7 Å². The van der Waals surface area contributed by atoms with Crippen molar-refractivity contribution in [3.63, 3.8) is 0 Å². The Morgan fingerprint density at radius 3 is 2.55 bits per heavy atom. The predicted octanol–water partition coefficient (Wildman–Crippen LogP) is 3.28. The zero-order chi connectivity index (χ0) is 14.2. The largest absolute Gasteiger partial charge is 0.373 e. The summed E-state index contributed by atoms with van der Waals surface area (Å²) in [5.74, 6) is 1.72. The maximum atomic E-state index is 4.45. The van der Waals surface area contributed by atoms with E-state index >= 15 is 0 Å². The average Bonchev–Trinajstić information content (AvgIpc) is 2.52. The van der Waals surface area contributed by atoms with Gasteiger partial charge >= 0.3 is 0 Å². The molecule has 0 saturated heterocycles. The second-order valence-electron chi connectivity index (χ2n) is 4.39. The summed E-state index contributed by atoms with van der Waals surface area (Å²) in [5, 5.41) is 7.19. The van der Waals surface area contributed by atoms with Crippen LogP contribution in [0.5, 0.6) is 0 Å². The minimum atomic E-state index is 0.780. The lowest BCUT2D eigenvalue weighted by Gasteiger charge is -2.08. The molecule has 0 saturated carbocycles. The molecule has 0 amide bonds. The number of rotatable bonds is 7. The fraction of sp³-hybridized carbons (Fsp3) is 0.333. The Labute approximate surface area is 124 Å². The van der Waals surface area contributed by atoms with Gasteiger partial charge in [0.15, 0.2) is 5.16 Å². The van der Waals surface area contributed by atoms with Crippen LogP contribution in [0, 0.1) is 0 Å². The third-order valence-electron chi connectivity index (χ3n) is 2.94. The number of thioether (sulfide) groups is 1. The second kappa shape index (κ2) is 7.75. The molecule has 0 spiro atoms. The molecule has 2 aromatic rings. The van der Waals surface area contributed by atoms with Crippen LogP contribution >= 0.6 is 11.8 Å². The molecule has 1 heterocycles. The van der Waals surface area contributed by atoms with Crippen molar-refractivity contribution in [2.45, 2.75) is 18.0 Å². The number of aryl methyl sites for hydroxylation is 1. The molecule has 0 fully saturated rings. The summed E-state index contributed by atoms with van der Waals surface area (Å²) in [6, 6.07) is 12.5. The third kappa shape index (κ3) is 4.42.